The first kappa shape index (κ1) is 28.6. The fraction of sp³-hybridized carbons (Fsp3) is 0.520. The van der Waals surface area contributed by atoms with Crippen molar-refractivity contribution in [3.63, 3.8) is 0 Å². The quantitative estimate of drug-likeness (QED) is 0.327. The highest BCUT2D eigenvalue weighted by atomic mass is 32.2. The van der Waals surface area contributed by atoms with E-state index >= 15 is 0 Å². The van der Waals surface area contributed by atoms with Crippen LogP contribution in [0, 0.1) is 0 Å². The number of aliphatic hydroxyl groups is 1. The van der Waals surface area contributed by atoms with Crippen LogP contribution in [-0.2, 0) is 22.9 Å². The van der Waals surface area contributed by atoms with Gasteiger partial charge in [-0.3, -0.25) is 24.6 Å². The summed E-state index contributed by atoms with van der Waals surface area (Å²) < 4.78 is 35.6. The van der Waals surface area contributed by atoms with E-state index in [9.17, 15) is 18.0 Å². The summed E-state index contributed by atoms with van der Waals surface area (Å²) in [7, 11) is -3.81. The van der Waals surface area contributed by atoms with E-state index in [1.807, 2.05) is 25.7 Å². The van der Waals surface area contributed by atoms with Crippen molar-refractivity contribution >= 4 is 27.9 Å². The fourth-order valence-electron chi connectivity index (χ4n) is 4.70. The van der Waals surface area contributed by atoms with Crippen LogP contribution in [0.5, 0.6) is 5.75 Å². The average Bonchev–Trinajstić information content (AvgIpc) is 3.18. The van der Waals surface area contributed by atoms with Gasteiger partial charge < -0.3 is 15.6 Å². The predicted molar refractivity (Wildman–Crippen MR) is 141 cm³/mol. The molecule has 1 aromatic heterocycles. The second kappa shape index (κ2) is 12.5. The number of nitrogens with two attached hydrogens (primary N) is 1. The second-order valence-corrected chi connectivity index (χ2v) is 10.7. The molecule has 2 heterocycles. The van der Waals surface area contributed by atoms with Crippen LogP contribution in [0.1, 0.15) is 59.3 Å². The van der Waals surface area contributed by atoms with Crippen LogP contribution < -0.4 is 15.9 Å². The molecule has 0 atom stereocenters. The summed E-state index contributed by atoms with van der Waals surface area (Å²) >= 11 is 0. The number of carbonyl (C=O) groups is 2. The molecule has 0 spiro atoms. The van der Waals surface area contributed by atoms with Gasteiger partial charge in [0, 0.05) is 38.3 Å². The first-order chi connectivity index (χ1) is 17.7. The Kier molecular flexibility index (Phi) is 9.71. The Balaban J connectivity index is 2.07. The minimum atomic E-state index is -3.81. The van der Waals surface area contributed by atoms with Gasteiger partial charge in [0.25, 0.3) is 5.91 Å². The van der Waals surface area contributed by atoms with Gasteiger partial charge in [-0.2, -0.15) is 4.31 Å². The smallest absolute Gasteiger partial charge is 0.267 e. The summed E-state index contributed by atoms with van der Waals surface area (Å²) in [5.41, 5.74) is 10.9. The Morgan fingerprint density at radius 1 is 1.19 bits per heavy atom. The van der Waals surface area contributed by atoms with Gasteiger partial charge >= 0.3 is 0 Å². The van der Waals surface area contributed by atoms with Crippen molar-refractivity contribution in [2.75, 3.05) is 51.4 Å². The maximum Gasteiger partial charge on any atom is 0.267 e. The van der Waals surface area contributed by atoms with Crippen LogP contribution in [0.4, 0.5) is 5.69 Å². The zero-order valence-electron chi connectivity index (χ0n) is 21.7. The molecule has 3 rings (SSSR count). The number of aliphatic hydroxyl groups excluding tert-OH is 1. The lowest BCUT2D eigenvalue weighted by Crippen LogP contribution is -2.49. The van der Waals surface area contributed by atoms with Crippen molar-refractivity contribution in [2.45, 2.75) is 44.9 Å². The number of anilines is 1. The monoisotopic (exact) mass is 535 g/mol. The summed E-state index contributed by atoms with van der Waals surface area (Å²) in [5.74, 6) is -0.302. The van der Waals surface area contributed by atoms with Crippen LogP contribution in [0.15, 0.2) is 23.1 Å². The summed E-state index contributed by atoms with van der Waals surface area (Å²) in [5, 5.41) is 9.16. The third-order valence-corrected chi connectivity index (χ3v) is 8.37. The Labute approximate surface area is 218 Å². The van der Waals surface area contributed by atoms with E-state index in [0.717, 1.165) is 6.29 Å². The number of hydrogen-bond donors (Lipinski definition) is 3. The highest BCUT2D eigenvalue weighted by molar-refractivity contribution is 7.89. The van der Waals surface area contributed by atoms with Crippen molar-refractivity contribution in [1.29, 1.82) is 0 Å². The second-order valence-electron chi connectivity index (χ2n) is 8.78. The zero-order valence-corrected chi connectivity index (χ0v) is 22.5. The predicted octanol–water partition coefficient (Wildman–Crippen LogP) is 1.49. The lowest BCUT2D eigenvalue weighted by molar-refractivity contribution is 0.0991. The molecule has 12 heteroatoms. The summed E-state index contributed by atoms with van der Waals surface area (Å²) in [4.78, 5) is 26.6. The number of amides is 1. The zero-order chi connectivity index (χ0) is 27.2. The van der Waals surface area contributed by atoms with E-state index in [4.69, 9.17) is 15.6 Å². The van der Waals surface area contributed by atoms with Crippen molar-refractivity contribution < 1.29 is 27.9 Å². The van der Waals surface area contributed by atoms with Crippen molar-refractivity contribution in [1.82, 2.24) is 13.9 Å². The van der Waals surface area contributed by atoms with Gasteiger partial charge in [0.2, 0.25) is 10.0 Å². The van der Waals surface area contributed by atoms with E-state index in [-0.39, 0.29) is 17.2 Å². The minimum Gasteiger partial charge on any atom is -0.492 e. The highest BCUT2D eigenvalue weighted by Crippen LogP contribution is 2.32. The molecule has 0 bridgehead atoms. The van der Waals surface area contributed by atoms with Crippen LogP contribution >= 0.6 is 0 Å². The normalized spacial score (nSPS) is 15.0. The number of nitrogens with zero attached hydrogens (tertiary/aromatic N) is 3. The first-order valence-electron chi connectivity index (χ1n) is 12.6. The van der Waals surface area contributed by atoms with Gasteiger partial charge in [-0.1, -0.05) is 20.3 Å². The van der Waals surface area contributed by atoms with Gasteiger partial charge in [0.1, 0.15) is 11.4 Å². The molecule has 204 valence electrons. The third kappa shape index (κ3) is 5.98. The molecule has 0 saturated carbocycles. The largest absolute Gasteiger partial charge is 0.492 e. The van der Waals surface area contributed by atoms with Gasteiger partial charge in [-0.05, 0) is 43.5 Å². The average molecular weight is 536 g/mol. The standard InChI is InChI=1S/C25H37N5O6S/c1-4-7-22-20(17-32)19(5-2)24(25(26)33)30(22)27-21-16-18(8-9-23(21)36-6-3)37(34,35)29-12-10-28(11-13-29)14-15-31/h8-9,16-17,27,31H,4-7,10-15H2,1-3H3,(H2,26,33). The number of carbonyl (C=O) groups excluding carboxylic acids is 2. The van der Waals surface area contributed by atoms with Crippen LogP contribution in [-0.4, -0.2) is 85.5 Å². The topological polar surface area (TPSA) is 147 Å². The fourth-order valence-corrected chi connectivity index (χ4v) is 6.15. The summed E-state index contributed by atoms with van der Waals surface area (Å²) in [6.45, 7) is 8.16. The Bertz CT molecular complexity index is 1220. The number of sulfonamides is 1. The van der Waals surface area contributed by atoms with E-state index in [1.165, 1.54) is 21.1 Å². The summed E-state index contributed by atoms with van der Waals surface area (Å²) in [6, 6.07) is 4.56. The molecular formula is C25H37N5O6S. The molecule has 37 heavy (non-hydrogen) atoms. The van der Waals surface area contributed by atoms with Gasteiger partial charge in [-0.25, -0.2) is 8.42 Å². The van der Waals surface area contributed by atoms with E-state index in [2.05, 4.69) is 5.43 Å². The lowest BCUT2D eigenvalue weighted by Gasteiger charge is -2.33. The molecule has 1 aromatic carbocycles. The van der Waals surface area contributed by atoms with Gasteiger partial charge in [0.05, 0.1) is 29.5 Å². The molecule has 2 aromatic rings. The van der Waals surface area contributed by atoms with E-state index in [1.54, 1.807) is 6.07 Å². The number of β-amino-alcohol motifs (C(OH)–C–C–N with tert-alkyl or cyclic N) is 1. The van der Waals surface area contributed by atoms with Crippen molar-refractivity contribution in [3.05, 3.63) is 40.7 Å². The minimum absolute atomic E-state index is 0.0267. The molecular weight excluding hydrogens is 498 g/mol. The lowest BCUT2D eigenvalue weighted by atomic mass is 10.1. The van der Waals surface area contributed by atoms with Crippen molar-refractivity contribution in [2.24, 2.45) is 5.73 Å². The molecule has 0 unspecified atom stereocenters. The Hall–Kier alpha value is -2.93. The third-order valence-electron chi connectivity index (χ3n) is 6.48. The maximum absolute atomic E-state index is 13.5. The van der Waals surface area contributed by atoms with Crippen LogP contribution in [0.25, 0.3) is 0 Å². The molecule has 1 fully saturated rings. The number of hydrogen-bond acceptors (Lipinski definition) is 8. The van der Waals surface area contributed by atoms with Crippen LogP contribution in [0.2, 0.25) is 0 Å². The molecule has 0 aliphatic carbocycles. The number of primary amides is 1. The molecule has 1 aliphatic heterocycles. The molecule has 0 radical (unpaired) electrons. The van der Waals surface area contributed by atoms with E-state index < -0.39 is 15.9 Å². The molecule has 1 aliphatic rings. The number of ether oxygens (including phenoxy) is 1. The van der Waals surface area contributed by atoms with Gasteiger partial charge in [0.15, 0.2) is 6.29 Å². The number of aromatic nitrogens is 1. The SMILES string of the molecule is CCCc1c(C=O)c(CC)c(C(N)=O)n1Nc1cc(S(=O)(=O)N2CCN(CCO)CC2)ccc1OCC. The summed E-state index contributed by atoms with van der Waals surface area (Å²) in [6.07, 6.45) is 2.37. The number of benzene rings is 1. The maximum atomic E-state index is 13.5. The van der Waals surface area contributed by atoms with Crippen LogP contribution in [0.3, 0.4) is 0 Å². The number of aldehydes is 1. The van der Waals surface area contributed by atoms with Crippen molar-refractivity contribution in [3.8, 4) is 5.75 Å². The number of piperazine rings is 1. The Morgan fingerprint density at radius 3 is 2.43 bits per heavy atom. The molecule has 1 amide bonds. The highest BCUT2D eigenvalue weighted by Gasteiger charge is 2.30. The first-order valence-corrected chi connectivity index (χ1v) is 14.1. The van der Waals surface area contributed by atoms with Gasteiger partial charge in [-0.15, -0.1) is 0 Å². The molecule has 4 N–H and O–H groups in total. The number of nitrogens with one attached hydrogen (secondary N) is 1. The molecule has 11 nitrogen and oxygen atoms in total. The molecule has 1 saturated heterocycles. The van der Waals surface area contributed by atoms with E-state index in [0.29, 0.717) is 86.9 Å². The Morgan fingerprint density at radius 2 is 1.89 bits per heavy atom. The number of rotatable bonds is 13.